The number of benzene rings is 2. The molecule has 2 aromatic rings. The number of thioether (sulfide) groups is 1. The molecule has 0 bridgehead atoms. The van der Waals surface area contributed by atoms with Crippen molar-refractivity contribution in [2.75, 3.05) is 7.11 Å². The van der Waals surface area contributed by atoms with Gasteiger partial charge in [-0.15, -0.1) is 5.10 Å². The van der Waals surface area contributed by atoms with Crippen molar-refractivity contribution in [3.63, 3.8) is 0 Å². The highest BCUT2D eigenvalue weighted by Crippen LogP contribution is 2.23. The Morgan fingerprint density at radius 2 is 1.97 bits per heavy atom. The lowest BCUT2D eigenvalue weighted by Crippen LogP contribution is -2.19. The molecule has 2 aromatic carbocycles. The number of carbonyl (C=O) groups is 2. The van der Waals surface area contributed by atoms with Crippen LogP contribution in [0.2, 0.25) is 5.02 Å². The second-order valence-corrected chi connectivity index (χ2v) is 7.16. The number of amides is 1. The first-order chi connectivity index (χ1) is 14.0. The molecule has 9 heteroatoms. The maximum atomic E-state index is 11.8. The quantitative estimate of drug-likeness (QED) is 0.328. The number of rotatable bonds is 6. The molecule has 29 heavy (non-hydrogen) atoms. The van der Waals surface area contributed by atoms with Crippen molar-refractivity contribution >= 4 is 46.6 Å². The molecule has 7 nitrogen and oxygen atoms in total. The number of para-hydroxylation sites is 1. The fraction of sp³-hybridized carbons (Fsp3) is 0.100. The molecule has 0 radical (unpaired) electrons. The molecule has 1 heterocycles. The first-order valence-electron chi connectivity index (χ1n) is 8.41. The molecule has 1 saturated heterocycles. The number of hydrogen-bond acceptors (Lipinski definition) is 7. The number of amidine groups is 1. The molecule has 1 amide bonds. The lowest BCUT2D eigenvalue weighted by molar-refractivity contribution is -0.135. The van der Waals surface area contributed by atoms with Crippen LogP contribution in [0.25, 0.3) is 0 Å². The van der Waals surface area contributed by atoms with Crippen LogP contribution < -0.4 is 10.1 Å². The Kier molecular flexibility index (Phi) is 7.04. The third-order valence-corrected chi connectivity index (χ3v) is 4.83. The van der Waals surface area contributed by atoms with Gasteiger partial charge in [-0.25, -0.2) is 4.79 Å². The summed E-state index contributed by atoms with van der Waals surface area (Å²) in [5.74, 6) is -0.402. The maximum Gasteiger partial charge on any atom is 0.331 e. The molecule has 0 aromatic heterocycles. The summed E-state index contributed by atoms with van der Waals surface area (Å²) in [6.07, 6.45) is 2.63. The molecule has 3 rings (SSSR count). The number of methoxy groups -OCH3 is 1. The smallest absolute Gasteiger partial charge is 0.331 e. The molecule has 1 aliphatic rings. The molecule has 1 N–H and O–H groups in total. The topological polar surface area (TPSA) is 89.3 Å². The summed E-state index contributed by atoms with van der Waals surface area (Å²) in [4.78, 5) is 23.2. The number of esters is 1. The van der Waals surface area contributed by atoms with E-state index >= 15 is 0 Å². The van der Waals surface area contributed by atoms with Crippen molar-refractivity contribution in [3.05, 3.63) is 75.7 Å². The van der Waals surface area contributed by atoms with Crippen LogP contribution in [-0.2, 0) is 20.9 Å². The van der Waals surface area contributed by atoms with Gasteiger partial charge in [-0.2, -0.15) is 5.10 Å². The SMILES string of the molecule is COC(=O)/C=C1/S/C(=N\N=Cc2ccccc2OCc2ccc(Cl)cc2)NC1=O. The minimum absolute atomic E-state index is 0.192. The molecule has 1 aliphatic heterocycles. The maximum absolute atomic E-state index is 11.8. The highest BCUT2D eigenvalue weighted by atomic mass is 35.5. The monoisotopic (exact) mass is 429 g/mol. The summed E-state index contributed by atoms with van der Waals surface area (Å²) < 4.78 is 10.4. The lowest BCUT2D eigenvalue weighted by atomic mass is 10.2. The minimum Gasteiger partial charge on any atom is -0.488 e. The number of nitrogens with zero attached hydrogens (tertiary/aromatic N) is 2. The van der Waals surface area contributed by atoms with Gasteiger partial charge in [0.2, 0.25) is 0 Å². The summed E-state index contributed by atoms with van der Waals surface area (Å²) in [6.45, 7) is 0.379. The predicted octanol–water partition coefficient (Wildman–Crippen LogP) is 3.53. The Morgan fingerprint density at radius 3 is 2.72 bits per heavy atom. The van der Waals surface area contributed by atoms with Gasteiger partial charge in [0.1, 0.15) is 12.4 Å². The number of nitrogens with one attached hydrogen (secondary N) is 1. The standard InChI is InChI=1S/C20H16ClN3O4S/c1-27-18(25)10-17-19(26)23-20(29-17)24-22-11-14-4-2-3-5-16(14)28-12-13-6-8-15(21)9-7-13/h2-11H,12H2,1H3,(H,23,24,26)/b17-10+,22-11?. The highest BCUT2D eigenvalue weighted by molar-refractivity contribution is 8.18. The molecular weight excluding hydrogens is 414 g/mol. The summed E-state index contributed by atoms with van der Waals surface area (Å²) in [5, 5.41) is 11.4. The fourth-order valence-electron chi connectivity index (χ4n) is 2.24. The van der Waals surface area contributed by atoms with Crippen molar-refractivity contribution in [2.24, 2.45) is 10.2 Å². The van der Waals surface area contributed by atoms with Gasteiger partial charge in [0.15, 0.2) is 5.17 Å². The molecule has 0 atom stereocenters. The molecule has 0 aliphatic carbocycles. The summed E-state index contributed by atoms with van der Waals surface area (Å²) in [5.41, 5.74) is 1.71. The van der Waals surface area contributed by atoms with Crippen LogP contribution >= 0.6 is 23.4 Å². The summed E-state index contributed by atoms with van der Waals surface area (Å²) in [7, 11) is 1.24. The lowest BCUT2D eigenvalue weighted by Gasteiger charge is -2.08. The van der Waals surface area contributed by atoms with Gasteiger partial charge < -0.3 is 9.47 Å². The van der Waals surface area contributed by atoms with Gasteiger partial charge in [-0.1, -0.05) is 35.9 Å². The Hall–Kier alpha value is -3.10. The van der Waals surface area contributed by atoms with E-state index in [0.717, 1.165) is 29.0 Å². The zero-order chi connectivity index (χ0) is 20.6. The molecule has 0 spiro atoms. The van der Waals surface area contributed by atoms with E-state index in [9.17, 15) is 9.59 Å². The van der Waals surface area contributed by atoms with E-state index in [-0.39, 0.29) is 10.1 Å². The van der Waals surface area contributed by atoms with Gasteiger partial charge in [0.25, 0.3) is 5.91 Å². The van der Waals surface area contributed by atoms with Crippen LogP contribution in [-0.4, -0.2) is 30.4 Å². The molecule has 0 saturated carbocycles. The van der Waals surface area contributed by atoms with E-state index in [1.807, 2.05) is 36.4 Å². The van der Waals surface area contributed by atoms with Crippen LogP contribution in [0.3, 0.4) is 0 Å². The van der Waals surface area contributed by atoms with Gasteiger partial charge in [-0.05, 0) is 41.6 Å². The van der Waals surface area contributed by atoms with Gasteiger partial charge >= 0.3 is 5.97 Å². The number of halogens is 1. The van der Waals surface area contributed by atoms with E-state index in [0.29, 0.717) is 17.4 Å². The molecular formula is C20H16ClN3O4S. The van der Waals surface area contributed by atoms with Crippen LogP contribution in [0.15, 0.2) is 69.7 Å². The second-order valence-electron chi connectivity index (χ2n) is 5.69. The van der Waals surface area contributed by atoms with Crippen molar-refractivity contribution in [2.45, 2.75) is 6.61 Å². The van der Waals surface area contributed by atoms with E-state index < -0.39 is 11.9 Å². The van der Waals surface area contributed by atoms with Crippen molar-refractivity contribution < 1.29 is 19.1 Å². The third-order valence-electron chi connectivity index (χ3n) is 3.67. The van der Waals surface area contributed by atoms with Crippen LogP contribution in [0.4, 0.5) is 0 Å². The van der Waals surface area contributed by atoms with Gasteiger partial charge in [0.05, 0.1) is 18.2 Å². The fourth-order valence-corrected chi connectivity index (χ4v) is 3.11. The van der Waals surface area contributed by atoms with E-state index in [1.165, 1.54) is 13.3 Å². The number of carbonyl (C=O) groups excluding carboxylic acids is 2. The molecule has 148 valence electrons. The first kappa shape index (κ1) is 20.6. The Labute approximate surface area is 176 Å². The van der Waals surface area contributed by atoms with Crippen LogP contribution in [0, 0.1) is 0 Å². The van der Waals surface area contributed by atoms with Crippen molar-refractivity contribution in [1.29, 1.82) is 0 Å². The van der Waals surface area contributed by atoms with E-state index in [4.69, 9.17) is 16.3 Å². The van der Waals surface area contributed by atoms with E-state index in [2.05, 4.69) is 20.3 Å². The average molecular weight is 430 g/mol. The average Bonchev–Trinajstić information content (AvgIpc) is 3.07. The van der Waals surface area contributed by atoms with Crippen LogP contribution in [0.1, 0.15) is 11.1 Å². The zero-order valence-electron chi connectivity index (χ0n) is 15.3. The Balaban J connectivity index is 1.66. The second kappa shape index (κ2) is 9.90. The summed E-state index contributed by atoms with van der Waals surface area (Å²) >= 11 is 6.89. The van der Waals surface area contributed by atoms with Crippen LogP contribution in [0.5, 0.6) is 5.75 Å². The largest absolute Gasteiger partial charge is 0.488 e. The molecule has 1 fully saturated rings. The minimum atomic E-state index is -0.612. The predicted molar refractivity (Wildman–Crippen MR) is 113 cm³/mol. The van der Waals surface area contributed by atoms with Crippen molar-refractivity contribution in [3.8, 4) is 5.75 Å². The third kappa shape index (κ3) is 5.94. The van der Waals surface area contributed by atoms with Crippen molar-refractivity contribution in [1.82, 2.24) is 5.32 Å². The number of hydrogen-bond donors (Lipinski definition) is 1. The normalized spacial score (nSPS) is 16.4. The Morgan fingerprint density at radius 1 is 1.21 bits per heavy atom. The first-order valence-corrected chi connectivity index (χ1v) is 9.61. The Bertz CT molecular complexity index is 1000. The highest BCUT2D eigenvalue weighted by Gasteiger charge is 2.25. The van der Waals surface area contributed by atoms with E-state index in [1.54, 1.807) is 12.1 Å². The zero-order valence-corrected chi connectivity index (χ0v) is 16.9. The number of ether oxygens (including phenoxy) is 2. The van der Waals surface area contributed by atoms with Gasteiger partial charge in [-0.3, -0.25) is 10.1 Å². The molecule has 0 unspecified atom stereocenters. The summed E-state index contributed by atoms with van der Waals surface area (Å²) in [6, 6.07) is 14.8. The van der Waals surface area contributed by atoms with Gasteiger partial charge in [0, 0.05) is 16.7 Å².